The van der Waals surface area contributed by atoms with Gasteiger partial charge < -0.3 is 0 Å². The summed E-state index contributed by atoms with van der Waals surface area (Å²) >= 11 is 7.19. The van der Waals surface area contributed by atoms with Crippen LogP contribution in [0.2, 0.25) is 5.02 Å². The van der Waals surface area contributed by atoms with E-state index in [1.54, 1.807) is 13.0 Å². The van der Waals surface area contributed by atoms with Crippen LogP contribution in [0.25, 0.3) is 10.2 Å². The van der Waals surface area contributed by atoms with Crippen molar-refractivity contribution in [3.63, 3.8) is 0 Å². The lowest BCUT2D eigenvalue weighted by Crippen LogP contribution is -2.37. The molecular weight excluding hydrogens is 388 g/mol. The second-order valence-electron chi connectivity index (χ2n) is 5.65. The summed E-state index contributed by atoms with van der Waals surface area (Å²) in [7, 11) is 0. The molecule has 11 heteroatoms. The van der Waals surface area contributed by atoms with Crippen LogP contribution < -0.4 is 11.0 Å². The summed E-state index contributed by atoms with van der Waals surface area (Å²) < 4.78 is 27.8. The van der Waals surface area contributed by atoms with Gasteiger partial charge in [-0.25, -0.2) is 18.4 Å². The van der Waals surface area contributed by atoms with E-state index in [1.165, 1.54) is 18.3 Å². The van der Waals surface area contributed by atoms with Gasteiger partial charge in [-0.3, -0.25) is 19.7 Å². The highest BCUT2D eigenvalue weighted by atomic mass is 35.5. The second kappa shape index (κ2) is 6.76. The molecule has 1 N–H and O–H groups in total. The van der Waals surface area contributed by atoms with E-state index in [2.05, 4.69) is 15.5 Å². The molecule has 3 heterocycles. The molecule has 3 aromatic rings. The van der Waals surface area contributed by atoms with E-state index in [0.29, 0.717) is 16.0 Å². The number of amides is 1. The molecule has 0 aliphatic rings. The Hall–Kier alpha value is -2.33. The van der Waals surface area contributed by atoms with Crippen molar-refractivity contribution in [1.82, 2.24) is 19.4 Å². The minimum absolute atomic E-state index is 0.182. The smallest absolute Gasteiger partial charge is 0.271 e. The Morgan fingerprint density at radius 1 is 1.38 bits per heavy atom. The van der Waals surface area contributed by atoms with Crippen LogP contribution in [0.1, 0.15) is 28.5 Å². The molecule has 0 aliphatic heterocycles. The van der Waals surface area contributed by atoms with Gasteiger partial charge in [0, 0.05) is 4.88 Å². The number of aryl methyl sites for hydroxylation is 2. The van der Waals surface area contributed by atoms with Crippen molar-refractivity contribution >= 4 is 39.1 Å². The first kappa shape index (κ1) is 18.5. The molecule has 0 aromatic carbocycles. The molecule has 138 valence electrons. The number of nitrogens with zero attached hydrogens (tertiary/aromatic N) is 4. The van der Waals surface area contributed by atoms with E-state index >= 15 is 0 Å². The summed E-state index contributed by atoms with van der Waals surface area (Å²) in [6.45, 7) is 4.55. The molecule has 1 amide bonds. The van der Waals surface area contributed by atoms with Crippen molar-refractivity contribution in [3.05, 3.63) is 43.5 Å². The fourth-order valence-corrected chi connectivity index (χ4v) is 3.60. The number of alkyl halides is 2. The fourth-order valence-electron chi connectivity index (χ4n) is 2.47. The molecule has 3 rings (SSSR count). The fraction of sp³-hybridized carbons (Fsp3) is 0.333. The third kappa shape index (κ3) is 3.21. The summed E-state index contributed by atoms with van der Waals surface area (Å²) in [5.74, 6) is -0.312. The first-order valence-corrected chi connectivity index (χ1v) is 8.69. The summed E-state index contributed by atoms with van der Waals surface area (Å²) in [5.41, 5.74) is 1.68. The van der Waals surface area contributed by atoms with Crippen molar-refractivity contribution in [2.75, 3.05) is 5.43 Å². The van der Waals surface area contributed by atoms with Crippen LogP contribution in [0.4, 0.5) is 8.78 Å². The van der Waals surface area contributed by atoms with E-state index in [9.17, 15) is 18.4 Å². The predicted molar refractivity (Wildman–Crippen MR) is 94.7 cm³/mol. The lowest BCUT2D eigenvalue weighted by atomic mass is 10.3. The van der Waals surface area contributed by atoms with Crippen LogP contribution in [0.15, 0.2) is 10.9 Å². The van der Waals surface area contributed by atoms with E-state index in [-0.39, 0.29) is 17.3 Å². The van der Waals surface area contributed by atoms with Crippen molar-refractivity contribution in [2.24, 2.45) is 0 Å². The van der Waals surface area contributed by atoms with E-state index in [4.69, 9.17) is 11.6 Å². The normalized spacial score (nSPS) is 11.5. The Morgan fingerprint density at radius 3 is 2.69 bits per heavy atom. The zero-order valence-electron chi connectivity index (χ0n) is 14.0. The topological polar surface area (TPSA) is 81.8 Å². The second-order valence-corrected chi connectivity index (χ2v) is 7.27. The zero-order valence-corrected chi connectivity index (χ0v) is 15.6. The molecule has 26 heavy (non-hydrogen) atoms. The Bertz CT molecular complexity index is 1070. The molecule has 0 bridgehead atoms. The SMILES string of the molecule is Cc1cc2c(=O)n(NC(=O)Cn3nc(C(F)F)c(Cl)c3C)c(C)nc2s1. The van der Waals surface area contributed by atoms with Crippen molar-refractivity contribution in [3.8, 4) is 0 Å². The maximum absolute atomic E-state index is 12.8. The molecule has 3 aromatic heterocycles. The van der Waals surface area contributed by atoms with Crippen molar-refractivity contribution < 1.29 is 13.6 Å². The lowest BCUT2D eigenvalue weighted by molar-refractivity contribution is -0.117. The Morgan fingerprint density at radius 2 is 2.08 bits per heavy atom. The summed E-state index contributed by atoms with van der Waals surface area (Å²) in [6, 6.07) is 1.70. The largest absolute Gasteiger partial charge is 0.283 e. The van der Waals surface area contributed by atoms with Crippen LogP contribution in [0.3, 0.4) is 0 Å². The van der Waals surface area contributed by atoms with E-state index in [0.717, 1.165) is 14.2 Å². The number of rotatable bonds is 4. The average Bonchev–Trinajstić information content (AvgIpc) is 3.06. The summed E-state index contributed by atoms with van der Waals surface area (Å²) in [4.78, 5) is 30.6. The summed E-state index contributed by atoms with van der Waals surface area (Å²) in [6.07, 6.45) is -2.84. The minimum Gasteiger partial charge on any atom is -0.271 e. The first-order chi connectivity index (χ1) is 12.2. The quantitative estimate of drug-likeness (QED) is 0.728. The number of hydrogen-bond donors (Lipinski definition) is 1. The van der Waals surface area contributed by atoms with Crippen LogP contribution in [-0.2, 0) is 11.3 Å². The van der Waals surface area contributed by atoms with Gasteiger partial charge in [0.05, 0.1) is 16.1 Å². The molecule has 0 fully saturated rings. The van der Waals surface area contributed by atoms with Gasteiger partial charge in [-0.05, 0) is 26.8 Å². The van der Waals surface area contributed by atoms with Crippen LogP contribution >= 0.6 is 22.9 Å². The van der Waals surface area contributed by atoms with Gasteiger partial charge in [0.1, 0.15) is 22.9 Å². The van der Waals surface area contributed by atoms with Gasteiger partial charge in [-0.1, -0.05) is 11.6 Å². The van der Waals surface area contributed by atoms with Crippen molar-refractivity contribution in [2.45, 2.75) is 33.7 Å². The zero-order chi connectivity index (χ0) is 19.2. The monoisotopic (exact) mass is 401 g/mol. The Kier molecular flexibility index (Phi) is 4.80. The van der Waals surface area contributed by atoms with Crippen LogP contribution in [0.5, 0.6) is 0 Å². The third-order valence-electron chi connectivity index (χ3n) is 3.75. The van der Waals surface area contributed by atoms with Gasteiger partial charge in [0.25, 0.3) is 17.9 Å². The molecule has 0 saturated heterocycles. The molecule has 7 nitrogen and oxygen atoms in total. The molecule has 0 spiro atoms. The molecule has 0 aliphatic carbocycles. The number of carbonyl (C=O) groups is 1. The molecule has 0 saturated carbocycles. The molecule has 0 radical (unpaired) electrons. The van der Waals surface area contributed by atoms with Gasteiger partial charge in [0.2, 0.25) is 0 Å². The van der Waals surface area contributed by atoms with E-state index < -0.39 is 23.6 Å². The molecule has 0 unspecified atom stereocenters. The maximum Gasteiger partial charge on any atom is 0.283 e. The van der Waals surface area contributed by atoms with Crippen LogP contribution in [0, 0.1) is 20.8 Å². The van der Waals surface area contributed by atoms with Gasteiger partial charge in [-0.15, -0.1) is 11.3 Å². The van der Waals surface area contributed by atoms with Crippen LogP contribution in [-0.4, -0.2) is 25.3 Å². The highest BCUT2D eigenvalue weighted by molar-refractivity contribution is 7.18. The Balaban J connectivity index is 1.88. The average molecular weight is 402 g/mol. The third-order valence-corrected chi connectivity index (χ3v) is 5.16. The minimum atomic E-state index is -2.84. The standard InChI is InChI=1S/C15H14ClF2N5O2S/c1-6-4-9-14(26-6)19-8(3)23(15(9)25)20-10(24)5-22-7(2)11(16)12(21-22)13(17)18/h4,13H,5H2,1-3H3,(H,20,24). The number of fused-ring (bicyclic) bond motifs is 1. The highest BCUT2D eigenvalue weighted by Gasteiger charge is 2.22. The maximum atomic E-state index is 12.8. The number of carbonyl (C=O) groups excluding carboxylic acids is 1. The summed E-state index contributed by atoms with van der Waals surface area (Å²) in [5, 5.41) is 3.88. The Labute approximate surface area is 155 Å². The number of aromatic nitrogens is 4. The number of nitrogens with one attached hydrogen (secondary N) is 1. The van der Waals surface area contributed by atoms with Gasteiger partial charge >= 0.3 is 0 Å². The van der Waals surface area contributed by atoms with Gasteiger partial charge in [0.15, 0.2) is 0 Å². The highest BCUT2D eigenvalue weighted by Crippen LogP contribution is 2.28. The van der Waals surface area contributed by atoms with E-state index in [1.807, 2.05) is 6.92 Å². The predicted octanol–water partition coefficient (Wildman–Crippen LogP) is 2.94. The van der Waals surface area contributed by atoms with Gasteiger partial charge in [-0.2, -0.15) is 5.10 Å². The number of halogens is 3. The molecular formula is C15H14ClF2N5O2S. The molecule has 0 atom stereocenters. The number of hydrogen-bond acceptors (Lipinski definition) is 5. The number of thiophene rings is 1. The lowest BCUT2D eigenvalue weighted by Gasteiger charge is -2.11. The first-order valence-electron chi connectivity index (χ1n) is 7.49. The van der Waals surface area contributed by atoms with Crippen molar-refractivity contribution in [1.29, 1.82) is 0 Å².